The van der Waals surface area contributed by atoms with E-state index in [1.807, 2.05) is 0 Å². The van der Waals surface area contributed by atoms with Crippen LogP contribution in [0.25, 0.3) is 0 Å². The van der Waals surface area contributed by atoms with E-state index in [1.54, 1.807) is 0 Å². The van der Waals surface area contributed by atoms with Crippen LogP contribution in [-0.4, -0.2) is 38.5 Å². The molecule has 2 saturated carbocycles. The van der Waals surface area contributed by atoms with Gasteiger partial charge < -0.3 is 11.1 Å². The van der Waals surface area contributed by atoms with E-state index < -0.39 is 46.4 Å². The van der Waals surface area contributed by atoms with Gasteiger partial charge in [-0.15, -0.1) is 11.3 Å². The highest BCUT2D eigenvalue weighted by Crippen LogP contribution is 2.50. The fourth-order valence-electron chi connectivity index (χ4n) is 3.57. The van der Waals surface area contributed by atoms with Crippen LogP contribution in [-0.2, 0) is 27.7 Å². The minimum Gasteiger partial charge on any atom is -0.327 e. The summed E-state index contributed by atoms with van der Waals surface area (Å²) < 4.78 is 67.7. The fraction of sp³-hybridized carbons (Fsp3) is 0.688. The van der Waals surface area contributed by atoms with Gasteiger partial charge in [-0.05, 0) is 37.7 Å². The van der Waals surface area contributed by atoms with Crippen LogP contribution >= 0.6 is 11.3 Å². The third kappa shape index (κ3) is 3.62. The lowest BCUT2D eigenvalue weighted by Gasteiger charge is -2.30. The van der Waals surface area contributed by atoms with E-state index in [0.717, 1.165) is 16.2 Å². The molecule has 2 fully saturated rings. The normalized spacial score (nSPS) is 31.7. The van der Waals surface area contributed by atoms with Crippen molar-refractivity contribution in [1.29, 1.82) is 0 Å². The van der Waals surface area contributed by atoms with E-state index in [1.165, 1.54) is 0 Å². The second-order valence-corrected chi connectivity index (χ2v) is 10.3. The van der Waals surface area contributed by atoms with Crippen molar-refractivity contribution >= 4 is 32.3 Å². The summed E-state index contributed by atoms with van der Waals surface area (Å²) in [5.41, 5.74) is 6.50. The molecule has 27 heavy (non-hydrogen) atoms. The molecule has 0 saturated heterocycles. The van der Waals surface area contributed by atoms with Gasteiger partial charge in [-0.2, -0.15) is 0 Å². The van der Waals surface area contributed by atoms with E-state index >= 15 is 0 Å². The molecule has 2 atom stereocenters. The predicted molar refractivity (Wildman–Crippen MR) is 94.2 cm³/mol. The molecule has 1 aromatic heterocycles. The van der Waals surface area contributed by atoms with Gasteiger partial charge in [-0.25, -0.2) is 26.3 Å². The number of nitrogens with two attached hydrogens (primary N) is 1. The van der Waals surface area contributed by atoms with E-state index in [-0.39, 0.29) is 28.8 Å². The number of fused-ring (bicyclic) bond motifs is 1. The summed E-state index contributed by atoms with van der Waals surface area (Å²) in [5, 5.41) is 2.44. The zero-order valence-corrected chi connectivity index (χ0v) is 15.9. The molecule has 1 aromatic rings. The third-order valence-electron chi connectivity index (χ3n) is 5.30. The Kier molecular flexibility index (Phi) is 4.56. The molecule has 3 aliphatic carbocycles. The first-order valence-electron chi connectivity index (χ1n) is 8.82. The first-order chi connectivity index (χ1) is 12.6. The summed E-state index contributed by atoms with van der Waals surface area (Å²) in [4.78, 5) is 12.8. The SMILES string of the molecule is N[C@H]1CCc2sc(NC(=O)C3CC3(F)F)c(S(=O)(=O)NC3CC(F)C3)c2C1. The molecule has 0 bridgehead atoms. The lowest BCUT2D eigenvalue weighted by Crippen LogP contribution is -2.45. The Morgan fingerprint density at radius 3 is 2.56 bits per heavy atom. The topological polar surface area (TPSA) is 101 Å². The molecule has 1 heterocycles. The zero-order valence-electron chi connectivity index (χ0n) is 14.3. The molecule has 0 aromatic carbocycles. The minimum atomic E-state index is -4.04. The lowest BCUT2D eigenvalue weighted by atomic mass is 9.92. The molecule has 3 aliphatic rings. The highest BCUT2D eigenvalue weighted by Gasteiger charge is 2.61. The molecule has 1 amide bonds. The molecule has 0 aliphatic heterocycles. The molecule has 4 rings (SSSR count). The maximum absolute atomic E-state index is 13.2. The Bertz CT molecular complexity index is 881. The van der Waals surface area contributed by atoms with E-state index in [4.69, 9.17) is 5.73 Å². The lowest BCUT2D eigenvalue weighted by molar-refractivity contribution is -0.119. The van der Waals surface area contributed by atoms with Crippen molar-refractivity contribution in [1.82, 2.24) is 4.72 Å². The number of anilines is 1. The number of hydrogen-bond acceptors (Lipinski definition) is 5. The zero-order chi connectivity index (χ0) is 19.6. The standard InChI is InChI=1S/C16H20F3N3O3S2/c17-7-3-9(4-7)22-27(24,25)13-10-5-8(20)1-2-12(10)26-15(13)21-14(23)11-6-16(11,18)19/h7-9,11,22H,1-6,20H2,(H,21,23)/t7?,8-,9?,11?/m0/s1. The van der Waals surface area contributed by atoms with Gasteiger partial charge in [-0.3, -0.25) is 4.79 Å². The maximum atomic E-state index is 13.2. The molecule has 4 N–H and O–H groups in total. The summed E-state index contributed by atoms with van der Waals surface area (Å²) in [7, 11) is -4.04. The summed E-state index contributed by atoms with van der Waals surface area (Å²) in [5.74, 6) is -5.35. The van der Waals surface area contributed by atoms with Crippen LogP contribution in [0.3, 0.4) is 0 Å². The molecule has 0 radical (unpaired) electrons. The van der Waals surface area contributed by atoms with Crippen molar-refractivity contribution in [3.05, 3.63) is 10.4 Å². The number of carbonyl (C=O) groups excluding carboxylic acids is 1. The first-order valence-corrected chi connectivity index (χ1v) is 11.1. The first kappa shape index (κ1) is 19.2. The summed E-state index contributed by atoms with van der Waals surface area (Å²) in [6.45, 7) is 0. The van der Waals surface area contributed by atoms with Gasteiger partial charge in [0.25, 0.3) is 5.92 Å². The number of alkyl halides is 3. The second kappa shape index (κ2) is 6.43. The molecule has 1 unspecified atom stereocenters. The summed E-state index contributed by atoms with van der Waals surface area (Å²) in [6, 6.07) is -0.717. The molecular weight excluding hydrogens is 403 g/mol. The van der Waals surface area contributed by atoms with Crippen molar-refractivity contribution in [3.8, 4) is 0 Å². The fourth-order valence-corrected chi connectivity index (χ4v) is 6.81. The molecule has 0 spiro atoms. The maximum Gasteiger partial charge on any atom is 0.260 e. The van der Waals surface area contributed by atoms with Gasteiger partial charge in [-0.1, -0.05) is 0 Å². The van der Waals surface area contributed by atoms with E-state index in [0.29, 0.717) is 24.8 Å². The van der Waals surface area contributed by atoms with Crippen molar-refractivity contribution in [2.75, 3.05) is 5.32 Å². The van der Waals surface area contributed by atoms with Crippen molar-refractivity contribution < 1.29 is 26.4 Å². The van der Waals surface area contributed by atoms with Crippen LogP contribution in [0.1, 0.15) is 36.1 Å². The highest BCUT2D eigenvalue weighted by atomic mass is 32.2. The van der Waals surface area contributed by atoms with Gasteiger partial charge >= 0.3 is 0 Å². The predicted octanol–water partition coefficient (Wildman–Crippen LogP) is 1.94. The molecule has 6 nitrogen and oxygen atoms in total. The smallest absolute Gasteiger partial charge is 0.260 e. The second-order valence-electron chi connectivity index (χ2n) is 7.56. The number of thiophene rings is 1. The third-order valence-corrected chi connectivity index (χ3v) is 8.27. The minimum absolute atomic E-state index is 0.0467. The van der Waals surface area contributed by atoms with Crippen molar-refractivity contribution in [2.45, 2.75) is 67.6 Å². The number of hydrogen-bond donors (Lipinski definition) is 3. The van der Waals surface area contributed by atoms with Crippen LogP contribution < -0.4 is 15.8 Å². The number of nitrogens with one attached hydrogen (secondary N) is 2. The average molecular weight is 423 g/mol. The number of aryl methyl sites for hydroxylation is 1. The van der Waals surface area contributed by atoms with Crippen molar-refractivity contribution in [3.63, 3.8) is 0 Å². The summed E-state index contributed by atoms with van der Waals surface area (Å²) in [6.07, 6.45) is 0.208. The number of rotatable bonds is 5. The largest absolute Gasteiger partial charge is 0.327 e. The van der Waals surface area contributed by atoms with Gasteiger partial charge in [0.2, 0.25) is 15.9 Å². The van der Waals surface area contributed by atoms with Gasteiger partial charge in [0, 0.05) is 23.4 Å². The van der Waals surface area contributed by atoms with E-state index in [2.05, 4.69) is 10.0 Å². The number of amides is 1. The van der Waals surface area contributed by atoms with Crippen LogP contribution in [0.2, 0.25) is 0 Å². The molecule has 11 heteroatoms. The quantitative estimate of drug-likeness (QED) is 0.674. The van der Waals surface area contributed by atoms with Crippen LogP contribution in [0.15, 0.2) is 4.90 Å². The number of sulfonamides is 1. The van der Waals surface area contributed by atoms with Crippen LogP contribution in [0, 0.1) is 5.92 Å². The number of halogens is 3. The average Bonchev–Trinajstić information content (AvgIpc) is 3.01. The Hall–Kier alpha value is -1.17. The highest BCUT2D eigenvalue weighted by molar-refractivity contribution is 7.90. The van der Waals surface area contributed by atoms with Gasteiger partial charge in [0.05, 0.1) is 0 Å². The van der Waals surface area contributed by atoms with E-state index in [9.17, 15) is 26.4 Å². The van der Waals surface area contributed by atoms with Gasteiger partial charge in [0.1, 0.15) is 22.0 Å². The number of carbonyl (C=O) groups is 1. The van der Waals surface area contributed by atoms with Gasteiger partial charge in [0.15, 0.2) is 0 Å². The Balaban J connectivity index is 1.65. The summed E-state index contributed by atoms with van der Waals surface area (Å²) >= 11 is 1.09. The van der Waals surface area contributed by atoms with Crippen LogP contribution in [0.5, 0.6) is 0 Å². The molecule has 150 valence electrons. The molecular formula is C16H20F3N3O3S2. The van der Waals surface area contributed by atoms with Crippen LogP contribution in [0.4, 0.5) is 18.2 Å². The Labute approximate surface area is 158 Å². The van der Waals surface area contributed by atoms with Crippen molar-refractivity contribution in [2.24, 2.45) is 11.7 Å². The Morgan fingerprint density at radius 1 is 1.30 bits per heavy atom. The Morgan fingerprint density at radius 2 is 1.96 bits per heavy atom. The monoisotopic (exact) mass is 423 g/mol.